The van der Waals surface area contributed by atoms with Gasteiger partial charge in [0.25, 0.3) is 0 Å². The number of carboxylic acid groups (broad SMARTS) is 1. The van der Waals surface area contributed by atoms with Crippen molar-refractivity contribution in [3.8, 4) is 0 Å². The van der Waals surface area contributed by atoms with Crippen molar-refractivity contribution in [3.63, 3.8) is 0 Å². The number of aromatic nitrogens is 1. The molecule has 2 rings (SSSR count). The van der Waals surface area contributed by atoms with Gasteiger partial charge in [-0.15, -0.1) is 11.3 Å². The SMILES string of the molecule is CC(C)(C(=O)O)c1csc(NCCCOCC2CC2)n1. The van der Waals surface area contributed by atoms with E-state index in [1.165, 1.54) is 24.2 Å². The minimum absolute atomic E-state index is 0.600. The van der Waals surface area contributed by atoms with Crippen LogP contribution in [0, 0.1) is 5.92 Å². The Morgan fingerprint density at radius 2 is 2.35 bits per heavy atom. The summed E-state index contributed by atoms with van der Waals surface area (Å²) in [6.07, 6.45) is 3.57. The number of rotatable bonds is 9. The molecule has 5 nitrogen and oxygen atoms in total. The number of nitrogens with one attached hydrogen (secondary N) is 1. The lowest BCUT2D eigenvalue weighted by atomic mass is 9.90. The minimum Gasteiger partial charge on any atom is -0.481 e. The Balaban J connectivity index is 1.68. The fourth-order valence-corrected chi connectivity index (χ4v) is 2.56. The molecule has 0 unspecified atom stereocenters. The standard InChI is InChI=1S/C14H22N2O3S/c1-14(2,12(17)18)11-9-20-13(16-11)15-6-3-7-19-8-10-4-5-10/h9-10H,3-8H2,1-2H3,(H,15,16)(H,17,18). The number of carboxylic acids is 1. The third kappa shape index (κ3) is 4.18. The highest BCUT2D eigenvalue weighted by atomic mass is 32.1. The van der Waals surface area contributed by atoms with Crippen LogP contribution in [0.3, 0.4) is 0 Å². The molecule has 0 radical (unpaired) electrons. The van der Waals surface area contributed by atoms with Gasteiger partial charge in [-0.05, 0) is 39.0 Å². The van der Waals surface area contributed by atoms with Crippen molar-refractivity contribution in [1.82, 2.24) is 4.98 Å². The lowest BCUT2D eigenvalue weighted by molar-refractivity contribution is -0.142. The Morgan fingerprint density at radius 1 is 1.60 bits per heavy atom. The van der Waals surface area contributed by atoms with Crippen LogP contribution >= 0.6 is 11.3 Å². The summed E-state index contributed by atoms with van der Waals surface area (Å²) in [5, 5.41) is 14.9. The molecule has 1 heterocycles. The van der Waals surface area contributed by atoms with Gasteiger partial charge < -0.3 is 15.2 Å². The summed E-state index contributed by atoms with van der Waals surface area (Å²) in [5.74, 6) is -0.0504. The van der Waals surface area contributed by atoms with Crippen LogP contribution in [0.2, 0.25) is 0 Å². The molecule has 2 N–H and O–H groups in total. The summed E-state index contributed by atoms with van der Waals surface area (Å²) in [6.45, 7) is 5.79. The van der Waals surface area contributed by atoms with Crippen LogP contribution in [0.5, 0.6) is 0 Å². The van der Waals surface area contributed by atoms with E-state index in [0.717, 1.165) is 37.2 Å². The van der Waals surface area contributed by atoms with Gasteiger partial charge in [0.05, 0.1) is 5.69 Å². The molecule has 112 valence electrons. The third-order valence-electron chi connectivity index (χ3n) is 3.47. The second kappa shape index (κ2) is 6.54. The molecule has 0 bridgehead atoms. The van der Waals surface area contributed by atoms with Crippen LogP contribution in [-0.4, -0.2) is 35.8 Å². The lowest BCUT2D eigenvalue weighted by Gasteiger charge is -2.15. The summed E-state index contributed by atoms with van der Waals surface area (Å²) in [5.41, 5.74) is -0.341. The van der Waals surface area contributed by atoms with Crippen molar-refractivity contribution >= 4 is 22.4 Å². The molecule has 0 saturated heterocycles. The summed E-state index contributed by atoms with van der Waals surface area (Å²) in [4.78, 5) is 15.5. The molecule has 1 aromatic heterocycles. The first-order valence-electron chi connectivity index (χ1n) is 7.01. The maximum absolute atomic E-state index is 11.2. The highest BCUT2D eigenvalue weighted by molar-refractivity contribution is 7.13. The van der Waals surface area contributed by atoms with Gasteiger partial charge in [0, 0.05) is 25.1 Å². The zero-order chi connectivity index (χ0) is 14.6. The van der Waals surface area contributed by atoms with Crippen LogP contribution in [0.4, 0.5) is 5.13 Å². The van der Waals surface area contributed by atoms with E-state index >= 15 is 0 Å². The zero-order valence-electron chi connectivity index (χ0n) is 12.0. The number of thiazole rings is 1. The average molecular weight is 298 g/mol. The van der Waals surface area contributed by atoms with Crippen LogP contribution in [0.25, 0.3) is 0 Å². The largest absolute Gasteiger partial charge is 0.481 e. The first-order chi connectivity index (χ1) is 9.50. The molecule has 1 aromatic rings. The van der Waals surface area contributed by atoms with Crippen molar-refractivity contribution in [2.75, 3.05) is 25.1 Å². The Morgan fingerprint density at radius 3 is 3.00 bits per heavy atom. The van der Waals surface area contributed by atoms with E-state index in [4.69, 9.17) is 9.84 Å². The molecule has 0 atom stereocenters. The molecule has 20 heavy (non-hydrogen) atoms. The monoisotopic (exact) mass is 298 g/mol. The van der Waals surface area contributed by atoms with Gasteiger partial charge in [-0.3, -0.25) is 4.79 Å². The molecule has 0 aromatic carbocycles. The van der Waals surface area contributed by atoms with E-state index in [-0.39, 0.29) is 0 Å². The van der Waals surface area contributed by atoms with Crippen LogP contribution in [0.1, 0.15) is 38.8 Å². The smallest absolute Gasteiger partial charge is 0.315 e. The predicted octanol–water partition coefficient (Wildman–Crippen LogP) is 2.73. The maximum atomic E-state index is 11.2. The number of anilines is 1. The second-order valence-electron chi connectivity index (χ2n) is 5.77. The first kappa shape index (κ1) is 15.3. The zero-order valence-corrected chi connectivity index (χ0v) is 12.8. The summed E-state index contributed by atoms with van der Waals surface area (Å²) in [7, 11) is 0. The van der Waals surface area contributed by atoms with Gasteiger partial charge in [-0.1, -0.05) is 0 Å². The van der Waals surface area contributed by atoms with E-state index in [2.05, 4.69) is 10.3 Å². The number of hydrogen-bond donors (Lipinski definition) is 2. The topological polar surface area (TPSA) is 71.5 Å². The van der Waals surface area contributed by atoms with E-state index in [1.807, 2.05) is 0 Å². The van der Waals surface area contributed by atoms with E-state index in [9.17, 15) is 4.79 Å². The van der Waals surface area contributed by atoms with E-state index < -0.39 is 11.4 Å². The molecule has 1 fully saturated rings. The summed E-state index contributed by atoms with van der Waals surface area (Å²) >= 11 is 1.45. The Bertz CT molecular complexity index is 455. The molecule has 1 aliphatic carbocycles. The normalized spacial score (nSPS) is 15.3. The van der Waals surface area contributed by atoms with Gasteiger partial charge >= 0.3 is 5.97 Å². The van der Waals surface area contributed by atoms with Crippen LogP contribution in [-0.2, 0) is 14.9 Å². The molecule has 1 aliphatic rings. The molecular weight excluding hydrogens is 276 g/mol. The molecule has 6 heteroatoms. The Labute approximate surface area is 123 Å². The second-order valence-corrected chi connectivity index (χ2v) is 6.62. The summed E-state index contributed by atoms with van der Waals surface area (Å²) in [6, 6.07) is 0. The maximum Gasteiger partial charge on any atom is 0.315 e. The predicted molar refractivity (Wildman–Crippen MR) is 79.4 cm³/mol. The fourth-order valence-electron chi connectivity index (χ4n) is 1.66. The number of ether oxygens (including phenoxy) is 1. The lowest BCUT2D eigenvalue weighted by Crippen LogP contribution is -2.28. The fraction of sp³-hybridized carbons (Fsp3) is 0.714. The van der Waals surface area contributed by atoms with Gasteiger partial charge in [0.2, 0.25) is 0 Å². The van der Waals surface area contributed by atoms with Crippen molar-refractivity contribution in [2.45, 2.75) is 38.5 Å². The average Bonchev–Trinajstić information content (AvgIpc) is 3.09. The minimum atomic E-state index is -0.941. The molecule has 1 saturated carbocycles. The van der Waals surface area contributed by atoms with E-state index in [0.29, 0.717) is 5.69 Å². The number of carbonyl (C=O) groups is 1. The van der Waals surface area contributed by atoms with Gasteiger partial charge in [0.1, 0.15) is 5.41 Å². The quantitative estimate of drug-likeness (QED) is 0.686. The molecule has 0 spiro atoms. The van der Waals surface area contributed by atoms with E-state index in [1.54, 1.807) is 19.2 Å². The van der Waals surface area contributed by atoms with Crippen molar-refractivity contribution in [3.05, 3.63) is 11.1 Å². The Kier molecular flexibility index (Phi) is 4.99. The molecular formula is C14H22N2O3S. The van der Waals surface area contributed by atoms with Gasteiger partial charge in [-0.2, -0.15) is 0 Å². The number of nitrogens with zero attached hydrogens (tertiary/aromatic N) is 1. The van der Waals surface area contributed by atoms with Crippen molar-refractivity contribution < 1.29 is 14.6 Å². The highest BCUT2D eigenvalue weighted by Crippen LogP contribution is 2.29. The molecule has 0 aliphatic heterocycles. The van der Waals surface area contributed by atoms with Gasteiger partial charge in [-0.25, -0.2) is 4.98 Å². The number of aliphatic carboxylic acids is 1. The third-order valence-corrected chi connectivity index (χ3v) is 4.27. The highest BCUT2D eigenvalue weighted by Gasteiger charge is 2.32. The Hall–Kier alpha value is -1.14. The molecule has 0 amide bonds. The summed E-state index contributed by atoms with van der Waals surface area (Å²) < 4.78 is 5.55. The van der Waals surface area contributed by atoms with Crippen molar-refractivity contribution in [1.29, 1.82) is 0 Å². The van der Waals surface area contributed by atoms with Crippen molar-refractivity contribution in [2.24, 2.45) is 5.92 Å². The number of hydrogen-bond acceptors (Lipinski definition) is 5. The van der Waals surface area contributed by atoms with Crippen LogP contribution < -0.4 is 5.32 Å². The van der Waals surface area contributed by atoms with Crippen LogP contribution in [0.15, 0.2) is 5.38 Å². The van der Waals surface area contributed by atoms with Gasteiger partial charge in [0.15, 0.2) is 5.13 Å². The first-order valence-corrected chi connectivity index (χ1v) is 7.89.